The van der Waals surface area contributed by atoms with Crippen LogP contribution in [0.5, 0.6) is 0 Å². The van der Waals surface area contributed by atoms with Crippen LogP contribution in [-0.4, -0.2) is 32.3 Å². The number of hydrogen-bond donors (Lipinski definition) is 0. The molecule has 1 aliphatic rings. The zero-order valence-electron chi connectivity index (χ0n) is 14.0. The van der Waals surface area contributed by atoms with Gasteiger partial charge in [-0.3, -0.25) is 9.20 Å². The van der Waals surface area contributed by atoms with Crippen LogP contribution < -0.4 is 0 Å². The number of pyridine rings is 1. The predicted molar refractivity (Wildman–Crippen MR) is 88.3 cm³/mol. The van der Waals surface area contributed by atoms with E-state index in [-0.39, 0.29) is 5.91 Å². The molecule has 0 radical (unpaired) electrons. The molecular formula is C18H25N3O. The number of fused-ring (bicyclic) bond motifs is 1. The van der Waals surface area contributed by atoms with Crippen molar-refractivity contribution in [3.05, 3.63) is 35.3 Å². The summed E-state index contributed by atoms with van der Waals surface area (Å²) in [7, 11) is 0. The number of aryl methyl sites for hydroxylation is 2. The van der Waals surface area contributed by atoms with Crippen LogP contribution in [-0.2, 0) is 6.42 Å². The van der Waals surface area contributed by atoms with Crippen LogP contribution in [0.2, 0.25) is 0 Å². The van der Waals surface area contributed by atoms with Crippen LogP contribution in [0.25, 0.3) is 5.65 Å². The van der Waals surface area contributed by atoms with Crippen molar-refractivity contribution in [2.24, 2.45) is 0 Å². The number of amides is 1. The highest BCUT2D eigenvalue weighted by atomic mass is 16.2. The molecule has 1 aliphatic heterocycles. The van der Waals surface area contributed by atoms with E-state index in [2.05, 4.69) is 25.7 Å². The van der Waals surface area contributed by atoms with E-state index in [0.717, 1.165) is 41.9 Å². The van der Waals surface area contributed by atoms with E-state index in [1.54, 1.807) is 0 Å². The summed E-state index contributed by atoms with van der Waals surface area (Å²) in [5, 5.41) is 0. The van der Waals surface area contributed by atoms with Crippen LogP contribution in [0.4, 0.5) is 0 Å². The molecule has 1 fully saturated rings. The van der Waals surface area contributed by atoms with Gasteiger partial charge in [-0.05, 0) is 58.1 Å². The van der Waals surface area contributed by atoms with Crippen LogP contribution >= 0.6 is 0 Å². The average Bonchev–Trinajstić information content (AvgIpc) is 2.87. The van der Waals surface area contributed by atoms with Gasteiger partial charge in [0.1, 0.15) is 11.3 Å². The number of nitrogens with zero attached hydrogens (tertiary/aromatic N) is 3. The maximum Gasteiger partial charge on any atom is 0.273 e. The minimum absolute atomic E-state index is 0.134. The first kappa shape index (κ1) is 15.1. The molecule has 3 rings (SSSR count). The van der Waals surface area contributed by atoms with E-state index in [9.17, 15) is 4.79 Å². The van der Waals surface area contributed by atoms with E-state index in [4.69, 9.17) is 4.98 Å². The maximum absolute atomic E-state index is 13.3. The fraction of sp³-hybridized carbons (Fsp3) is 0.556. The van der Waals surface area contributed by atoms with Gasteiger partial charge in [0.15, 0.2) is 0 Å². The van der Waals surface area contributed by atoms with Crippen molar-refractivity contribution >= 4 is 11.6 Å². The molecule has 2 atom stereocenters. The van der Waals surface area contributed by atoms with Gasteiger partial charge < -0.3 is 4.90 Å². The Balaban J connectivity index is 2.12. The van der Waals surface area contributed by atoms with E-state index < -0.39 is 0 Å². The number of piperidine rings is 1. The minimum atomic E-state index is 0.134. The molecule has 0 spiro atoms. The Kier molecular flexibility index (Phi) is 3.94. The monoisotopic (exact) mass is 299 g/mol. The van der Waals surface area contributed by atoms with Gasteiger partial charge in [-0.25, -0.2) is 4.98 Å². The van der Waals surface area contributed by atoms with E-state index in [1.165, 1.54) is 6.42 Å². The van der Waals surface area contributed by atoms with Gasteiger partial charge in [-0.15, -0.1) is 0 Å². The summed E-state index contributed by atoms with van der Waals surface area (Å²) >= 11 is 0. The van der Waals surface area contributed by atoms with Crippen molar-refractivity contribution in [1.29, 1.82) is 0 Å². The number of imidazole rings is 1. The lowest BCUT2D eigenvalue weighted by atomic mass is 9.97. The van der Waals surface area contributed by atoms with Crippen molar-refractivity contribution in [3.8, 4) is 0 Å². The van der Waals surface area contributed by atoms with Gasteiger partial charge in [0.25, 0.3) is 5.91 Å². The van der Waals surface area contributed by atoms with Crippen molar-refractivity contribution in [2.75, 3.05) is 0 Å². The van der Waals surface area contributed by atoms with Crippen LogP contribution in [0, 0.1) is 6.92 Å². The Labute approximate surface area is 132 Å². The Bertz CT molecular complexity index is 694. The summed E-state index contributed by atoms with van der Waals surface area (Å²) in [5.74, 6) is 0.134. The zero-order chi connectivity index (χ0) is 15.9. The summed E-state index contributed by atoms with van der Waals surface area (Å²) in [6.45, 7) is 8.43. The molecule has 3 heterocycles. The standard InChI is InChI=1S/C18H25N3O/c1-5-15-16(20-11-7-8-12(2)17(20)19-15)18(22)21-13(3)9-6-10-14(21)4/h7-8,11,13-14H,5-6,9-10H2,1-4H3. The Hall–Kier alpha value is -1.84. The Morgan fingerprint density at radius 1 is 1.32 bits per heavy atom. The molecule has 1 amide bonds. The molecule has 0 saturated carbocycles. The smallest absolute Gasteiger partial charge is 0.273 e. The highest BCUT2D eigenvalue weighted by Crippen LogP contribution is 2.26. The van der Waals surface area contributed by atoms with Crippen molar-refractivity contribution in [1.82, 2.24) is 14.3 Å². The molecule has 22 heavy (non-hydrogen) atoms. The fourth-order valence-electron chi connectivity index (χ4n) is 3.67. The maximum atomic E-state index is 13.3. The molecule has 118 valence electrons. The van der Waals surface area contributed by atoms with Gasteiger partial charge in [-0.2, -0.15) is 0 Å². The third kappa shape index (κ3) is 2.31. The van der Waals surface area contributed by atoms with Gasteiger partial charge >= 0.3 is 0 Å². The Morgan fingerprint density at radius 2 is 2.00 bits per heavy atom. The summed E-state index contributed by atoms with van der Waals surface area (Å²) in [5.41, 5.74) is 3.67. The highest BCUT2D eigenvalue weighted by Gasteiger charge is 2.32. The van der Waals surface area contributed by atoms with Gasteiger partial charge in [0.05, 0.1) is 5.69 Å². The second kappa shape index (κ2) is 5.75. The topological polar surface area (TPSA) is 37.6 Å². The number of likely N-dealkylation sites (tertiary alicyclic amines) is 1. The van der Waals surface area contributed by atoms with Crippen LogP contribution in [0.3, 0.4) is 0 Å². The highest BCUT2D eigenvalue weighted by molar-refractivity contribution is 5.95. The normalized spacial score (nSPS) is 22.3. The molecule has 2 aromatic heterocycles. The Morgan fingerprint density at radius 3 is 2.64 bits per heavy atom. The van der Waals surface area contributed by atoms with Crippen LogP contribution in [0.15, 0.2) is 18.3 Å². The third-order valence-electron chi connectivity index (χ3n) is 4.88. The fourth-order valence-corrected chi connectivity index (χ4v) is 3.67. The predicted octanol–water partition coefficient (Wildman–Crippen LogP) is 3.61. The number of carbonyl (C=O) groups is 1. The average molecular weight is 299 g/mol. The first-order valence-electron chi connectivity index (χ1n) is 8.33. The molecule has 0 N–H and O–H groups in total. The lowest BCUT2D eigenvalue weighted by Crippen LogP contribution is -2.48. The molecule has 0 aromatic carbocycles. The number of aromatic nitrogens is 2. The summed E-state index contributed by atoms with van der Waals surface area (Å²) in [6, 6.07) is 4.64. The molecule has 0 bridgehead atoms. The molecule has 0 aliphatic carbocycles. The second-order valence-electron chi connectivity index (χ2n) is 6.49. The molecule has 1 saturated heterocycles. The van der Waals surface area contributed by atoms with Crippen molar-refractivity contribution < 1.29 is 4.79 Å². The first-order chi connectivity index (χ1) is 10.5. The van der Waals surface area contributed by atoms with Gasteiger partial charge in [0.2, 0.25) is 0 Å². The van der Waals surface area contributed by atoms with Crippen LogP contribution in [0.1, 0.15) is 61.8 Å². The third-order valence-corrected chi connectivity index (χ3v) is 4.88. The van der Waals surface area contributed by atoms with Gasteiger partial charge in [-0.1, -0.05) is 13.0 Å². The summed E-state index contributed by atoms with van der Waals surface area (Å²) in [6.07, 6.45) is 6.12. The molecule has 4 heteroatoms. The number of carbonyl (C=O) groups excluding carboxylic acids is 1. The zero-order valence-corrected chi connectivity index (χ0v) is 14.0. The lowest BCUT2D eigenvalue weighted by molar-refractivity contribution is 0.0502. The quantitative estimate of drug-likeness (QED) is 0.849. The summed E-state index contributed by atoms with van der Waals surface area (Å²) < 4.78 is 1.98. The summed E-state index contributed by atoms with van der Waals surface area (Å²) in [4.78, 5) is 20.0. The van der Waals surface area contributed by atoms with Gasteiger partial charge in [0, 0.05) is 18.3 Å². The minimum Gasteiger partial charge on any atom is -0.332 e. The molecule has 4 nitrogen and oxygen atoms in total. The molecule has 2 unspecified atom stereocenters. The molecule has 2 aromatic rings. The van der Waals surface area contributed by atoms with E-state index in [1.807, 2.05) is 29.7 Å². The number of hydrogen-bond acceptors (Lipinski definition) is 2. The second-order valence-corrected chi connectivity index (χ2v) is 6.49. The largest absolute Gasteiger partial charge is 0.332 e. The first-order valence-corrected chi connectivity index (χ1v) is 8.33. The van der Waals surface area contributed by atoms with Crippen molar-refractivity contribution in [3.63, 3.8) is 0 Å². The van der Waals surface area contributed by atoms with Crippen molar-refractivity contribution in [2.45, 2.75) is 65.5 Å². The van der Waals surface area contributed by atoms with E-state index >= 15 is 0 Å². The SMILES string of the molecule is CCc1nc2c(C)cccn2c1C(=O)N1C(C)CCCC1C. The lowest BCUT2D eigenvalue weighted by Gasteiger charge is -2.39. The number of rotatable bonds is 2. The molecular weight excluding hydrogens is 274 g/mol. The van der Waals surface area contributed by atoms with E-state index in [0.29, 0.717) is 12.1 Å².